The van der Waals surface area contributed by atoms with Crippen LogP contribution in [0.4, 0.5) is 0 Å². The van der Waals surface area contributed by atoms with Gasteiger partial charge in [0, 0.05) is 17.3 Å². The van der Waals surface area contributed by atoms with Crippen molar-refractivity contribution in [2.45, 2.75) is 51.6 Å². The van der Waals surface area contributed by atoms with E-state index in [1.807, 2.05) is 24.3 Å². The van der Waals surface area contributed by atoms with Gasteiger partial charge in [0.1, 0.15) is 4.88 Å². The number of fused-ring (bicyclic) bond motifs is 1. The van der Waals surface area contributed by atoms with Gasteiger partial charge in [0.15, 0.2) is 6.10 Å². The lowest BCUT2D eigenvalue weighted by Gasteiger charge is -2.18. The molecule has 3 rings (SSSR count). The van der Waals surface area contributed by atoms with Crippen molar-refractivity contribution in [3.05, 3.63) is 57.3 Å². The number of esters is 1. The largest absolute Gasteiger partial charge is 0.448 e. The van der Waals surface area contributed by atoms with Crippen LogP contribution in [0.15, 0.2) is 36.4 Å². The maximum atomic E-state index is 12.3. The zero-order valence-electron chi connectivity index (χ0n) is 15.3. The number of hydrogen-bond acceptors (Lipinski definition) is 4. The second kappa shape index (κ2) is 8.49. The minimum Gasteiger partial charge on any atom is -0.448 e. The first-order valence-electron chi connectivity index (χ1n) is 9.23. The Morgan fingerprint density at radius 1 is 1.23 bits per heavy atom. The molecular formula is C21H25NO3S. The maximum Gasteiger partial charge on any atom is 0.349 e. The van der Waals surface area contributed by atoms with Crippen LogP contribution in [0.5, 0.6) is 0 Å². The van der Waals surface area contributed by atoms with E-state index in [4.69, 9.17) is 4.74 Å². The number of aryl methyl sites for hydroxylation is 2. The molecule has 1 amide bonds. The first kappa shape index (κ1) is 18.6. The Morgan fingerprint density at radius 2 is 2.00 bits per heavy atom. The first-order chi connectivity index (χ1) is 12.6. The van der Waals surface area contributed by atoms with E-state index in [2.05, 4.69) is 24.4 Å². The average molecular weight is 372 g/mol. The lowest BCUT2D eigenvalue weighted by atomic mass is 9.96. The van der Waals surface area contributed by atoms with E-state index in [9.17, 15) is 9.59 Å². The van der Waals surface area contributed by atoms with Crippen LogP contribution >= 0.6 is 11.3 Å². The molecule has 1 heterocycles. The third-order valence-electron chi connectivity index (χ3n) is 4.89. The molecule has 1 aromatic carbocycles. The first-order valence-corrected chi connectivity index (χ1v) is 10.0. The molecule has 0 aliphatic heterocycles. The third-order valence-corrected chi connectivity index (χ3v) is 6.10. The highest BCUT2D eigenvalue weighted by Gasteiger charge is 2.23. The fraction of sp³-hybridized carbons (Fsp3) is 0.429. The van der Waals surface area contributed by atoms with E-state index < -0.39 is 12.1 Å². The van der Waals surface area contributed by atoms with Gasteiger partial charge in [0.2, 0.25) is 0 Å². The molecule has 0 spiro atoms. The van der Waals surface area contributed by atoms with Crippen molar-refractivity contribution in [3.8, 4) is 0 Å². The minimum atomic E-state index is -0.798. The molecular weight excluding hydrogens is 346 g/mol. The summed E-state index contributed by atoms with van der Waals surface area (Å²) in [7, 11) is 0. The van der Waals surface area contributed by atoms with Crippen molar-refractivity contribution >= 4 is 23.2 Å². The third kappa shape index (κ3) is 4.33. The number of amides is 1. The number of thiophene rings is 1. The van der Waals surface area contributed by atoms with E-state index in [1.165, 1.54) is 27.3 Å². The van der Waals surface area contributed by atoms with Gasteiger partial charge >= 0.3 is 5.97 Å². The van der Waals surface area contributed by atoms with Crippen LogP contribution in [0.1, 0.15) is 58.3 Å². The van der Waals surface area contributed by atoms with Crippen molar-refractivity contribution < 1.29 is 14.3 Å². The fourth-order valence-electron chi connectivity index (χ4n) is 3.29. The Bertz CT molecular complexity index is 747. The average Bonchev–Trinajstić information content (AvgIpc) is 3.25. The Balaban J connectivity index is 1.51. The molecule has 1 aromatic heterocycles. The Hall–Kier alpha value is -2.14. The smallest absolute Gasteiger partial charge is 0.349 e. The molecule has 138 valence electrons. The standard InChI is InChI=1S/C21H25NO3S/c1-3-15(16-8-5-4-6-9-16)13-22-20(23)14(2)25-21(24)19-12-17-10-7-11-18(17)26-19/h4-6,8-9,12,14-15H,3,7,10-11,13H2,1-2H3,(H,22,23)/t14-,15-/m0/s1. The Morgan fingerprint density at radius 3 is 2.69 bits per heavy atom. The zero-order valence-corrected chi connectivity index (χ0v) is 16.1. The van der Waals surface area contributed by atoms with Gasteiger partial charge in [0.25, 0.3) is 5.91 Å². The summed E-state index contributed by atoms with van der Waals surface area (Å²) in [6.45, 7) is 4.26. The highest BCUT2D eigenvalue weighted by Crippen LogP contribution is 2.31. The number of benzene rings is 1. The molecule has 0 fully saturated rings. The normalized spacial score (nSPS) is 15.2. The summed E-state index contributed by atoms with van der Waals surface area (Å²) in [5.41, 5.74) is 2.46. The maximum absolute atomic E-state index is 12.3. The number of carbonyl (C=O) groups excluding carboxylic acids is 2. The summed E-state index contributed by atoms with van der Waals surface area (Å²) in [6.07, 6.45) is 3.37. The lowest BCUT2D eigenvalue weighted by molar-refractivity contribution is -0.129. The summed E-state index contributed by atoms with van der Waals surface area (Å²) in [4.78, 5) is 26.5. The zero-order chi connectivity index (χ0) is 18.5. The van der Waals surface area contributed by atoms with Crippen molar-refractivity contribution in [1.29, 1.82) is 0 Å². The van der Waals surface area contributed by atoms with Crippen LogP contribution < -0.4 is 5.32 Å². The quantitative estimate of drug-likeness (QED) is 0.746. The topological polar surface area (TPSA) is 55.4 Å². The second-order valence-electron chi connectivity index (χ2n) is 6.72. The predicted octanol–water partition coefficient (Wildman–Crippen LogP) is 4.09. The molecule has 1 aliphatic rings. The van der Waals surface area contributed by atoms with E-state index in [-0.39, 0.29) is 11.8 Å². The van der Waals surface area contributed by atoms with Gasteiger partial charge in [-0.3, -0.25) is 4.79 Å². The highest BCUT2D eigenvalue weighted by molar-refractivity contribution is 7.14. The van der Waals surface area contributed by atoms with E-state index in [1.54, 1.807) is 6.92 Å². The highest BCUT2D eigenvalue weighted by atomic mass is 32.1. The van der Waals surface area contributed by atoms with E-state index >= 15 is 0 Å². The molecule has 0 saturated heterocycles. The molecule has 5 heteroatoms. The molecule has 1 N–H and O–H groups in total. The number of carbonyl (C=O) groups is 2. The summed E-state index contributed by atoms with van der Waals surface area (Å²) >= 11 is 1.50. The van der Waals surface area contributed by atoms with E-state index in [0.29, 0.717) is 11.4 Å². The van der Waals surface area contributed by atoms with Crippen molar-refractivity contribution in [2.75, 3.05) is 6.54 Å². The van der Waals surface area contributed by atoms with Gasteiger partial charge in [-0.2, -0.15) is 0 Å². The molecule has 2 atom stereocenters. The Kier molecular flexibility index (Phi) is 6.09. The van der Waals surface area contributed by atoms with Crippen molar-refractivity contribution in [1.82, 2.24) is 5.32 Å². The molecule has 26 heavy (non-hydrogen) atoms. The SMILES string of the molecule is CC[C@@H](CNC(=O)[C@H](C)OC(=O)c1cc2c(s1)CCC2)c1ccccc1. The van der Waals surface area contributed by atoms with Crippen LogP contribution in [0, 0.1) is 0 Å². The monoisotopic (exact) mass is 371 g/mol. The molecule has 2 aromatic rings. The van der Waals surface area contributed by atoms with Crippen LogP contribution in [-0.4, -0.2) is 24.5 Å². The molecule has 0 radical (unpaired) electrons. The van der Waals surface area contributed by atoms with Crippen LogP contribution in [0.2, 0.25) is 0 Å². The number of nitrogens with one attached hydrogen (secondary N) is 1. The van der Waals surface area contributed by atoms with Crippen LogP contribution in [0.25, 0.3) is 0 Å². The Labute approximate surface area is 158 Å². The predicted molar refractivity (Wildman–Crippen MR) is 104 cm³/mol. The minimum absolute atomic E-state index is 0.253. The van der Waals surface area contributed by atoms with E-state index in [0.717, 1.165) is 25.7 Å². The van der Waals surface area contributed by atoms with Crippen molar-refractivity contribution in [3.63, 3.8) is 0 Å². The molecule has 4 nitrogen and oxygen atoms in total. The van der Waals surface area contributed by atoms with Gasteiger partial charge in [-0.25, -0.2) is 4.79 Å². The molecule has 0 unspecified atom stereocenters. The van der Waals surface area contributed by atoms with Gasteiger partial charge in [-0.1, -0.05) is 37.3 Å². The number of rotatable bonds is 7. The summed E-state index contributed by atoms with van der Waals surface area (Å²) in [5.74, 6) is -0.401. The van der Waals surface area contributed by atoms with Gasteiger partial charge < -0.3 is 10.1 Å². The second-order valence-corrected chi connectivity index (χ2v) is 7.86. The van der Waals surface area contributed by atoms with Gasteiger partial charge in [0.05, 0.1) is 0 Å². The summed E-state index contributed by atoms with van der Waals surface area (Å²) in [6, 6.07) is 12.0. The van der Waals surface area contributed by atoms with Gasteiger partial charge in [-0.05, 0) is 49.8 Å². The summed E-state index contributed by atoms with van der Waals surface area (Å²) < 4.78 is 5.37. The molecule has 1 aliphatic carbocycles. The number of hydrogen-bond donors (Lipinski definition) is 1. The van der Waals surface area contributed by atoms with Gasteiger partial charge in [-0.15, -0.1) is 11.3 Å². The van der Waals surface area contributed by atoms with Crippen LogP contribution in [-0.2, 0) is 22.4 Å². The summed E-state index contributed by atoms with van der Waals surface area (Å²) in [5, 5.41) is 2.91. The molecule has 0 bridgehead atoms. The van der Waals surface area contributed by atoms with Crippen molar-refractivity contribution in [2.24, 2.45) is 0 Å². The lowest BCUT2D eigenvalue weighted by Crippen LogP contribution is -2.37. The molecule has 0 saturated carbocycles. The fourth-order valence-corrected chi connectivity index (χ4v) is 4.43. The number of ether oxygens (including phenoxy) is 1. The van der Waals surface area contributed by atoms with Crippen LogP contribution in [0.3, 0.4) is 0 Å².